The third-order valence-corrected chi connectivity index (χ3v) is 3.16. The van der Waals surface area contributed by atoms with Gasteiger partial charge in [0.1, 0.15) is 23.9 Å². The van der Waals surface area contributed by atoms with Crippen LogP contribution in [0.4, 0.5) is 0 Å². The summed E-state index contributed by atoms with van der Waals surface area (Å²) in [5, 5.41) is 16.6. The molecular formula is C11H15Cl2N5O3. The maximum Gasteiger partial charge on any atom is 0.320 e. The maximum atomic E-state index is 10.9. The Labute approximate surface area is 132 Å². The Morgan fingerprint density at radius 1 is 1.48 bits per heavy atom. The Bertz CT molecular complexity index is 635. The van der Waals surface area contributed by atoms with Gasteiger partial charge in [-0.25, -0.2) is 9.97 Å². The first-order valence-corrected chi connectivity index (χ1v) is 5.90. The molecule has 0 saturated carbocycles. The maximum absolute atomic E-state index is 10.9. The van der Waals surface area contributed by atoms with Gasteiger partial charge in [-0.05, 0) is 0 Å². The van der Waals surface area contributed by atoms with Gasteiger partial charge in [-0.2, -0.15) is 5.10 Å². The standard InChI is InChI=1S/C11H13N5O3.2ClH/c1-16-9-7(4-15-16)10(14-5-13-9)19-6-2-8(11(17)18)12-3-6;;/h4-6,8,12H,2-3H2,1H3,(H,17,18);2*1H. The molecule has 2 aromatic heterocycles. The molecule has 2 aromatic rings. The van der Waals surface area contributed by atoms with E-state index in [1.807, 2.05) is 0 Å². The zero-order valence-electron chi connectivity index (χ0n) is 11.1. The zero-order valence-corrected chi connectivity index (χ0v) is 12.7. The number of rotatable bonds is 3. The van der Waals surface area contributed by atoms with Crippen molar-refractivity contribution in [3.8, 4) is 5.88 Å². The van der Waals surface area contributed by atoms with Crippen molar-refractivity contribution in [1.82, 2.24) is 25.1 Å². The van der Waals surface area contributed by atoms with E-state index in [4.69, 9.17) is 9.84 Å². The van der Waals surface area contributed by atoms with Crippen LogP contribution in [-0.2, 0) is 11.8 Å². The fourth-order valence-corrected chi connectivity index (χ4v) is 2.17. The van der Waals surface area contributed by atoms with Gasteiger partial charge in [0.15, 0.2) is 5.65 Å². The topological polar surface area (TPSA) is 102 Å². The number of halogens is 2. The minimum atomic E-state index is -0.861. The quantitative estimate of drug-likeness (QED) is 0.836. The monoisotopic (exact) mass is 335 g/mol. The van der Waals surface area contributed by atoms with E-state index in [-0.39, 0.29) is 30.9 Å². The fourth-order valence-electron chi connectivity index (χ4n) is 2.17. The summed E-state index contributed by atoms with van der Waals surface area (Å²) in [5.41, 5.74) is 0.686. The predicted octanol–water partition coefficient (Wildman–Crippen LogP) is 0.401. The molecule has 3 rings (SSSR count). The summed E-state index contributed by atoms with van der Waals surface area (Å²) in [7, 11) is 1.79. The number of ether oxygens (including phenoxy) is 1. The minimum Gasteiger partial charge on any atom is -0.480 e. The molecule has 3 heterocycles. The molecule has 0 amide bonds. The molecule has 2 N–H and O–H groups in total. The van der Waals surface area contributed by atoms with Crippen molar-refractivity contribution in [2.45, 2.75) is 18.6 Å². The first-order chi connectivity index (χ1) is 9.15. The van der Waals surface area contributed by atoms with Gasteiger partial charge in [0.25, 0.3) is 0 Å². The summed E-state index contributed by atoms with van der Waals surface area (Å²) in [6.45, 7) is 0.489. The predicted molar refractivity (Wildman–Crippen MR) is 79.3 cm³/mol. The Balaban J connectivity index is 0.00000110. The number of aromatic nitrogens is 4. The van der Waals surface area contributed by atoms with E-state index in [1.54, 1.807) is 17.9 Å². The number of carbonyl (C=O) groups is 1. The normalized spacial score (nSPS) is 20.6. The lowest BCUT2D eigenvalue weighted by molar-refractivity contribution is -0.139. The number of hydrogen-bond acceptors (Lipinski definition) is 6. The Morgan fingerprint density at radius 2 is 2.24 bits per heavy atom. The van der Waals surface area contributed by atoms with Crippen LogP contribution < -0.4 is 10.1 Å². The highest BCUT2D eigenvalue weighted by Gasteiger charge is 2.31. The average Bonchev–Trinajstić information content (AvgIpc) is 2.98. The summed E-state index contributed by atoms with van der Waals surface area (Å²) in [5.74, 6) is -0.420. The van der Waals surface area contributed by atoms with E-state index in [1.165, 1.54) is 6.33 Å². The minimum absolute atomic E-state index is 0. The number of aryl methyl sites for hydroxylation is 1. The van der Waals surface area contributed by atoms with Crippen LogP contribution >= 0.6 is 24.8 Å². The van der Waals surface area contributed by atoms with Gasteiger partial charge in [-0.1, -0.05) is 0 Å². The molecule has 0 aromatic carbocycles. The molecule has 0 aliphatic carbocycles. The molecule has 0 bridgehead atoms. The lowest BCUT2D eigenvalue weighted by Gasteiger charge is -2.11. The highest BCUT2D eigenvalue weighted by molar-refractivity contribution is 5.85. The van der Waals surface area contributed by atoms with Gasteiger partial charge >= 0.3 is 5.97 Å². The molecule has 10 heteroatoms. The largest absolute Gasteiger partial charge is 0.480 e. The number of nitrogens with zero attached hydrogens (tertiary/aromatic N) is 4. The molecule has 2 unspecified atom stereocenters. The smallest absolute Gasteiger partial charge is 0.320 e. The molecule has 8 nitrogen and oxygen atoms in total. The first-order valence-electron chi connectivity index (χ1n) is 5.90. The van der Waals surface area contributed by atoms with Gasteiger partial charge in [0.2, 0.25) is 5.88 Å². The Hall–Kier alpha value is -1.64. The summed E-state index contributed by atoms with van der Waals surface area (Å²) in [6.07, 6.45) is 3.26. The lowest BCUT2D eigenvalue weighted by Crippen LogP contribution is -2.30. The number of fused-ring (bicyclic) bond motifs is 1. The molecule has 1 aliphatic rings. The highest BCUT2D eigenvalue weighted by Crippen LogP contribution is 2.23. The van der Waals surface area contributed by atoms with Crippen LogP contribution in [0.5, 0.6) is 5.88 Å². The van der Waals surface area contributed by atoms with E-state index in [0.29, 0.717) is 24.5 Å². The van der Waals surface area contributed by atoms with Crippen LogP contribution in [0.25, 0.3) is 11.0 Å². The second-order valence-electron chi connectivity index (χ2n) is 4.46. The van der Waals surface area contributed by atoms with E-state index in [9.17, 15) is 4.79 Å². The van der Waals surface area contributed by atoms with Crippen molar-refractivity contribution in [2.24, 2.45) is 7.05 Å². The molecule has 0 radical (unpaired) electrons. The summed E-state index contributed by atoms with van der Waals surface area (Å²) in [4.78, 5) is 19.1. The Kier molecular flexibility index (Phi) is 5.70. The fraction of sp³-hybridized carbons (Fsp3) is 0.455. The molecule has 2 atom stereocenters. The molecule has 1 saturated heterocycles. The summed E-state index contributed by atoms with van der Waals surface area (Å²) >= 11 is 0. The molecule has 1 aliphatic heterocycles. The number of nitrogens with one attached hydrogen (secondary N) is 1. The van der Waals surface area contributed by atoms with Crippen molar-refractivity contribution in [3.63, 3.8) is 0 Å². The van der Waals surface area contributed by atoms with Gasteiger partial charge in [-0.15, -0.1) is 24.8 Å². The van der Waals surface area contributed by atoms with Crippen LogP contribution in [0, 0.1) is 0 Å². The van der Waals surface area contributed by atoms with Crippen LogP contribution in [0.2, 0.25) is 0 Å². The van der Waals surface area contributed by atoms with Crippen LogP contribution in [0.15, 0.2) is 12.5 Å². The van der Waals surface area contributed by atoms with Crippen LogP contribution in [-0.4, -0.2) is 49.5 Å². The van der Waals surface area contributed by atoms with Crippen molar-refractivity contribution >= 4 is 41.8 Å². The Morgan fingerprint density at radius 3 is 2.90 bits per heavy atom. The lowest BCUT2D eigenvalue weighted by atomic mass is 10.2. The van der Waals surface area contributed by atoms with Gasteiger partial charge in [0.05, 0.1) is 6.20 Å². The number of aliphatic carboxylic acids is 1. The first kappa shape index (κ1) is 17.4. The number of hydrogen-bond donors (Lipinski definition) is 2. The third-order valence-electron chi connectivity index (χ3n) is 3.16. The second-order valence-corrected chi connectivity index (χ2v) is 4.46. The molecular weight excluding hydrogens is 321 g/mol. The zero-order chi connectivity index (χ0) is 13.4. The van der Waals surface area contributed by atoms with E-state index < -0.39 is 12.0 Å². The molecule has 0 spiro atoms. The van der Waals surface area contributed by atoms with Gasteiger partial charge in [-0.3, -0.25) is 9.48 Å². The molecule has 21 heavy (non-hydrogen) atoms. The second kappa shape index (κ2) is 6.88. The van der Waals surface area contributed by atoms with Gasteiger partial charge < -0.3 is 15.2 Å². The van der Waals surface area contributed by atoms with Crippen molar-refractivity contribution in [3.05, 3.63) is 12.5 Å². The summed E-state index contributed by atoms with van der Waals surface area (Å²) < 4.78 is 7.39. The van der Waals surface area contributed by atoms with Crippen molar-refractivity contribution in [1.29, 1.82) is 0 Å². The molecule has 1 fully saturated rings. The van der Waals surface area contributed by atoms with Crippen molar-refractivity contribution < 1.29 is 14.6 Å². The van der Waals surface area contributed by atoms with Crippen LogP contribution in [0.1, 0.15) is 6.42 Å². The number of carboxylic acid groups (broad SMARTS) is 1. The van der Waals surface area contributed by atoms with Gasteiger partial charge in [0, 0.05) is 20.0 Å². The van der Waals surface area contributed by atoms with E-state index in [0.717, 1.165) is 5.39 Å². The average molecular weight is 336 g/mol. The SMILES string of the molecule is Cl.Cl.Cn1ncc2c(OC3CNC(C(=O)O)C3)ncnc21. The molecule has 116 valence electrons. The van der Waals surface area contributed by atoms with Crippen LogP contribution in [0.3, 0.4) is 0 Å². The highest BCUT2D eigenvalue weighted by atomic mass is 35.5. The third kappa shape index (κ3) is 3.34. The number of carboxylic acids is 1. The van der Waals surface area contributed by atoms with E-state index >= 15 is 0 Å². The van der Waals surface area contributed by atoms with Crippen molar-refractivity contribution in [2.75, 3.05) is 6.54 Å². The van der Waals surface area contributed by atoms with E-state index in [2.05, 4.69) is 20.4 Å². The summed E-state index contributed by atoms with van der Waals surface area (Å²) in [6, 6.07) is -0.559.